The van der Waals surface area contributed by atoms with E-state index in [9.17, 15) is 24.3 Å². The number of nitrogens with one attached hydrogen (secondary N) is 2. The fraction of sp³-hybridized carbons (Fsp3) is 0.211. The van der Waals surface area contributed by atoms with Crippen molar-refractivity contribution in [2.75, 3.05) is 11.1 Å². The van der Waals surface area contributed by atoms with Crippen molar-refractivity contribution in [3.05, 3.63) is 52.1 Å². The third kappa shape index (κ3) is 5.61. The van der Waals surface area contributed by atoms with Crippen LogP contribution in [0.25, 0.3) is 11.2 Å². The number of nitrogen functional groups attached to an aromatic ring is 1. The normalized spacial score (nSPS) is 11.6. The van der Waals surface area contributed by atoms with Gasteiger partial charge in [0.05, 0.1) is 18.4 Å². The number of carboxylic acid groups (broad SMARTS) is 2. The Balaban J connectivity index is 1.66. The van der Waals surface area contributed by atoms with Crippen molar-refractivity contribution in [3.8, 4) is 0 Å². The molecule has 0 radical (unpaired) electrons. The van der Waals surface area contributed by atoms with Gasteiger partial charge in [-0.05, 0) is 30.7 Å². The van der Waals surface area contributed by atoms with E-state index in [2.05, 4.69) is 25.3 Å². The fourth-order valence-corrected chi connectivity index (χ4v) is 3.07. The van der Waals surface area contributed by atoms with Crippen molar-refractivity contribution in [2.24, 2.45) is 0 Å². The second-order valence-electron chi connectivity index (χ2n) is 7.12. The van der Waals surface area contributed by atoms with Gasteiger partial charge in [0.2, 0.25) is 19.8 Å². The Kier molecular flexibility index (Phi) is 6.86. The Hall–Kier alpha value is -4.49. The van der Waals surface area contributed by atoms with Crippen LogP contribution >= 0.6 is 0 Å². The van der Waals surface area contributed by atoms with E-state index < -0.39 is 29.4 Å². The Morgan fingerprint density at radius 2 is 1.88 bits per heavy atom. The number of nitrogens with two attached hydrogens (primary N) is 1. The van der Waals surface area contributed by atoms with E-state index in [4.69, 9.17) is 10.8 Å². The molecule has 2 heterocycles. The quantitative estimate of drug-likeness (QED) is 0.254. The number of fused-ring (bicyclic) bond motifs is 1. The van der Waals surface area contributed by atoms with Gasteiger partial charge in [0.25, 0.3) is 5.56 Å². The molecule has 170 valence electrons. The van der Waals surface area contributed by atoms with Crippen LogP contribution in [-0.2, 0) is 16.1 Å². The fourth-order valence-electron chi connectivity index (χ4n) is 3.07. The molecule has 0 bridgehead atoms. The molecule has 0 fully saturated rings. The van der Waals surface area contributed by atoms with Crippen molar-refractivity contribution < 1.29 is 24.6 Å². The summed E-state index contributed by atoms with van der Waals surface area (Å²) in [5.74, 6) is -3.02. The second-order valence-corrected chi connectivity index (χ2v) is 7.12. The van der Waals surface area contributed by atoms with E-state index >= 15 is 0 Å². The predicted molar refractivity (Wildman–Crippen MR) is 119 cm³/mol. The maximum Gasteiger partial charge on any atom is 0.325 e. The number of hydrogen-bond acceptors (Lipinski definition) is 9. The summed E-state index contributed by atoms with van der Waals surface area (Å²) in [4.78, 5) is 62.3. The van der Waals surface area contributed by atoms with E-state index in [0.717, 1.165) is 4.81 Å². The molecular weight excluding hydrogens is 433 g/mol. The average Bonchev–Trinajstić information content (AvgIpc) is 2.77. The molecule has 1 amide bonds. The summed E-state index contributed by atoms with van der Waals surface area (Å²) >= 11 is 0. The first-order valence-electron chi connectivity index (χ1n) is 9.73. The van der Waals surface area contributed by atoms with Crippen LogP contribution in [0, 0.1) is 0 Å². The standard InChI is InChI=1S/C19H20BN7O6/c20-27(12(18(32)33)5-6-13(28)29)17(31)9-1-3-10(4-2-9)22-7-11-8-23-15-14(24-11)16(30)26-19(21)25-15/h1-4,8,12,22H,5-7,20H2,(H,28,29)(H,32,33)(H3,21,23,25,26,30)/t12-/m0/s1. The number of aromatic amines is 1. The molecule has 33 heavy (non-hydrogen) atoms. The predicted octanol–water partition coefficient (Wildman–Crippen LogP) is -0.784. The zero-order valence-electron chi connectivity index (χ0n) is 17.5. The molecule has 3 aromatic rings. The van der Waals surface area contributed by atoms with E-state index in [-0.39, 0.29) is 42.1 Å². The monoisotopic (exact) mass is 453 g/mol. The lowest BCUT2D eigenvalue weighted by Gasteiger charge is -2.25. The number of aromatic nitrogens is 4. The number of amides is 1. The first kappa shape index (κ1) is 23.2. The van der Waals surface area contributed by atoms with Crippen molar-refractivity contribution in [1.82, 2.24) is 24.7 Å². The molecule has 2 aromatic heterocycles. The Morgan fingerprint density at radius 3 is 2.52 bits per heavy atom. The maximum absolute atomic E-state index is 12.6. The van der Waals surface area contributed by atoms with Crippen LogP contribution in [0.15, 0.2) is 35.3 Å². The van der Waals surface area contributed by atoms with Crippen molar-refractivity contribution in [2.45, 2.75) is 25.4 Å². The van der Waals surface area contributed by atoms with Crippen molar-refractivity contribution in [3.63, 3.8) is 0 Å². The van der Waals surface area contributed by atoms with E-state index in [1.807, 2.05) is 0 Å². The largest absolute Gasteiger partial charge is 0.481 e. The zero-order chi connectivity index (χ0) is 24.1. The Bertz CT molecular complexity index is 1260. The zero-order valence-corrected chi connectivity index (χ0v) is 17.5. The van der Waals surface area contributed by atoms with Gasteiger partial charge in [0.15, 0.2) is 11.2 Å². The molecular formula is C19H20BN7O6. The molecule has 13 nitrogen and oxygen atoms in total. The van der Waals surface area contributed by atoms with Crippen LogP contribution in [-0.4, -0.2) is 66.8 Å². The summed E-state index contributed by atoms with van der Waals surface area (Å²) in [6.45, 7) is 0.232. The van der Waals surface area contributed by atoms with Gasteiger partial charge in [-0.3, -0.25) is 24.2 Å². The SMILES string of the molecule is BN(C(=O)c1ccc(NCc2cnc3nc(N)[nH]c(=O)c3n2)cc1)[C@@H](CCC(=O)O)C(=O)O. The first-order valence-corrected chi connectivity index (χ1v) is 9.73. The minimum Gasteiger partial charge on any atom is -0.481 e. The number of anilines is 2. The molecule has 14 heteroatoms. The molecule has 6 N–H and O–H groups in total. The van der Waals surface area contributed by atoms with Crippen LogP contribution in [0.1, 0.15) is 28.9 Å². The summed E-state index contributed by atoms with van der Waals surface area (Å²) in [6.07, 6.45) is 0.881. The molecule has 0 saturated heterocycles. The summed E-state index contributed by atoms with van der Waals surface area (Å²) in [7, 11) is 1.32. The van der Waals surface area contributed by atoms with Gasteiger partial charge in [0, 0.05) is 17.7 Å². The molecule has 3 rings (SSSR count). The van der Waals surface area contributed by atoms with Gasteiger partial charge >= 0.3 is 11.9 Å². The number of hydrogen-bond donors (Lipinski definition) is 5. The van der Waals surface area contributed by atoms with Crippen molar-refractivity contribution >= 4 is 48.6 Å². The Morgan fingerprint density at radius 1 is 1.18 bits per heavy atom. The van der Waals surface area contributed by atoms with Crippen LogP contribution in [0.5, 0.6) is 0 Å². The first-order chi connectivity index (χ1) is 15.7. The smallest absolute Gasteiger partial charge is 0.325 e. The van der Waals surface area contributed by atoms with Gasteiger partial charge < -0.3 is 26.1 Å². The average molecular weight is 453 g/mol. The van der Waals surface area contributed by atoms with Crippen LogP contribution in [0.4, 0.5) is 11.6 Å². The highest BCUT2D eigenvalue weighted by molar-refractivity contribution is 6.19. The van der Waals surface area contributed by atoms with Gasteiger partial charge in [-0.15, -0.1) is 0 Å². The van der Waals surface area contributed by atoms with Gasteiger partial charge in [-0.25, -0.2) is 9.97 Å². The third-order valence-electron chi connectivity index (χ3n) is 4.80. The number of carbonyl (C=O) groups excluding carboxylic acids is 1. The molecule has 0 aliphatic carbocycles. The molecule has 0 saturated carbocycles. The highest BCUT2D eigenvalue weighted by Gasteiger charge is 2.27. The lowest BCUT2D eigenvalue weighted by molar-refractivity contribution is -0.142. The maximum atomic E-state index is 12.6. The van der Waals surface area contributed by atoms with Crippen LogP contribution < -0.4 is 16.6 Å². The molecule has 0 aliphatic heterocycles. The minimum absolute atomic E-state index is 0.0514. The van der Waals surface area contributed by atoms with Crippen LogP contribution in [0.2, 0.25) is 0 Å². The number of benzene rings is 1. The summed E-state index contributed by atoms with van der Waals surface area (Å²) in [6, 6.07) is 5.02. The highest BCUT2D eigenvalue weighted by atomic mass is 16.4. The molecule has 1 atom stereocenters. The number of carbonyl (C=O) groups is 3. The lowest BCUT2D eigenvalue weighted by Crippen LogP contribution is -2.43. The van der Waals surface area contributed by atoms with Crippen LogP contribution in [0.3, 0.4) is 0 Å². The molecule has 0 aliphatic rings. The lowest BCUT2D eigenvalue weighted by atomic mass is 10.0. The molecule has 1 aromatic carbocycles. The summed E-state index contributed by atoms with van der Waals surface area (Å²) < 4.78 is 0. The van der Waals surface area contributed by atoms with Gasteiger partial charge in [-0.2, -0.15) is 4.98 Å². The molecule has 0 spiro atoms. The number of rotatable bonds is 9. The Labute approximate surface area is 187 Å². The number of aliphatic carboxylic acids is 2. The number of carboxylic acids is 2. The topological polar surface area (TPSA) is 204 Å². The minimum atomic E-state index is -1.28. The van der Waals surface area contributed by atoms with E-state index in [0.29, 0.717) is 11.4 Å². The second kappa shape index (κ2) is 9.76. The number of H-pyrrole nitrogens is 1. The van der Waals surface area contributed by atoms with Gasteiger partial charge in [-0.1, -0.05) is 0 Å². The highest BCUT2D eigenvalue weighted by Crippen LogP contribution is 2.15. The number of nitrogens with zero attached hydrogens (tertiary/aromatic N) is 4. The van der Waals surface area contributed by atoms with Crippen molar-refractivity contribution in [1.29, 1.82) is 0 Å². The van der Waals surface area contributed by atoms with E-state index in [1.54, 1.807) is 12.1 Å². The third-order valence-corrected chi connectivity index (χ3v) is 4.80. The van der Waals surface area contributed by atoms with E-state index in [1.165, 1.54) is 26.3 Å². The summed E-state index contributed by atoms with van der Waals surface area (Å²) in [5, 5.41) is 21.2. The van der Waals surface area contributed by atoms with Gasteiger partial charge in [0.1, 0.15) is 6.04 Å². The summed E-state index contributed by atoms with van der Waals surface area (Å²) in [5.41, 5.74) is 6.53. The molecule has 0 unspecified atom stereocenters.